The molecule has 2 aliphatic heterocycles. The largest absolute Gasteiger partial charge is 0.381 e. The predicted molar refractivity (Wildman–Crippen MR) is 148 cm³/mol. The minimum Gasteiger partial charge on any atom is -0.381 e. The number of carbonyl (C=O) groups excluding carboxylic acids is 2. The molecule has 5 rings (SSSR count). The van der Waals surface area contributed by atoms with Gasteiger partial charge in [0.15, 0.2) is 5.78 Å². The first kappa shape index (κ1) is 26.7. The van der Waals surface area contributed by atoms with Crippen molar-refractivity contribution in [2.45, 2.75) is 32.2 Å². The predicted octanol–water partition coefficient (Wildman–Crippen LogP) is 3.98. The number of fused-ring (bicyclic) bond motifs is 1. The number of aryl methyl sites for hydroxylation is 1. The number of nitrogens with zero attached hydrogens (tertiary/aromatic N) is 4. The van der Waals surface area contributed by atoms with Crippen LogP contribution in [0.25, 0.3) is 10.9 Å². The molecule has 200 valence electrons. The minimum atomic E-state index is -0.243. The summed E-state index contributed by atoms with van der Waals surface area (Å²) in [4.78, 5) is 47.3. The molecule has 3 aromatic rings. The van der Waals surface area contributed by atoms with Gasteiger partial charge in [-0.05, 0) is 55.2 Å². The van der Waals surface area contributed by atoms with Crippen molar-refractivity contribution in [2.24, 2.45) is 5.92 Å². The number of ketones is 1. The summed E-state index contributed by atoms with van der Waals surface area (Å²) < 4.78 is 6.75. The molecule has 1 amide bonds. The fraction of sp³-hybridized carbons (Fsp3) is 0.429. The Balaban J connectivity index is 1.22. The van der Waals surface area contributed by atoms with Gasteiger partial charge in [0.05, 0.1) is 33.8 Å². The van der Waals surface area contributed by atoms with Gasteiger partial charge in [-0.2, -0.15) is 0 Å². The Morgan fingerprint density at radius 3 is 2.47 bits per heavy atom. The number of carbonyl (C=O) groups is 2. The highest BCUT2D eigenvalue weighted by Gasteiger charge is 2.29. The standard InChI is InChI=1S/C28H30Cl2N4O4/c29-24-5-2-19(15-25(24)30)1-4-22(35)17-34-18-31-26-6-3-21(16-23(26)28(34)37)32-9-11-33(12-10-32)27(36)20-7-13-38-14-8-20/h2-3,5-6,15-16,18,20H,1,4,7-14,17H2. The number of amides is 1. The maximum Gasteiger partial charge on any atom is 0.261 e. The molecule has 8 nitrogen and oxygen atoms in total. The van der Waals surface area contributed by atoms with Crippen molar-refractivity contribution in [3.8, 4) is 0 Å². The number of hydrogen-bond donors (Lipinski definition) is 0. The van der Waals surface area contributed by atoms with Crippen molar-refractivity contribution in [3.63, 3.8) is 0 Å². The van der Waals surface area contributed by atoms with Crippen molar-refractivity contribution in [1.82, 2.24) is 14.5 Å². The van der Waals surface area contributed by atoms with Gasteiger partial charge in [-0.25, -0.2) is 4.98 Å². The van der Waals surface area contributed by atoms with E-state index >= 15 is 0 Å². The first-order chi connectivity index (χ1) is 18.4. The molecule has 10 heteroatoms. The summed E-state index contributed by atoms with van der Waals surface area (Å²) in [6.45, 7) is 3.96. The van der Waals surface area contributed by atoms with Crippen LogP contribution >= 0.6 is 23.2 Å². The van der Waals surface area contributed by atoms with E-state index < -0.39 is 0 Å². The van der Waals surface area contributed by atoms with E-state index in [0.717, 1.165) is 24.1 Å². The molecule has 2 saturated heterocycles. The second kappa shape index (κ2) is 11.8. The quantitative estimate of drug-likeness (QED) is 0.437. The van der Waals surface area contributed by atoms with E-state index in [-0.39, 0.29) is 36.1 Å². The van der Waals surface area contributed by atoms with Gasteiger partial charge < -0.3 is 14.5 Å². The average Bonchev–Trinajstić information content (AvgIpc) is 2.95. The highest BCUT2D eigenvalue weighted by atomic mass is 35.5. The number of piperazine rings is 1. The van der Waals surface area contributed by atoms with E-state index in [2.05, 4.69) is 9.88 Å². The zero-order valence-corrected chi connectivity index (χ0v) is 22.6. The summed E-state index contributed by atoms with van der Waals surface area (Å²) in [7, 11) is 0. The van der Waals surface area contributed by atoms with Crippen molar-refractivity contribution in [1.29, 1.82) is 0 Å². The molecule has 0 bridgehead atoms. The fourth-order valence-electron chi connectivity index (χ4n) is 5.09. The lowest BCUT2D eigenvalue weighted by Crippen LogP contribution is -2.51. The number of ether oxygens (including phenoxy) is 1. The van der Waals surface area contributed by atoms with Gasteiger partial charge >= 0.3 is 0 Å². The summed E-state index contributed by atoms with van der Waals surface area (Å²) in [5, 5.41) is 1.40. The van der Waals surface area contributed by atoms with E-state index in [1.165, 1.54) is 10.9 Å². The van der Waals surface area contributed by atoms with Crippen molar-refractivity contribution in [3.05, 3.63) is 68.7 Å². The molecule has 0 saturated carbocycles. The zero-order valence-electron chi connectivity index (χ0n) is 21.1. The van der Waals surface area contributed by atoms with Crippen molar-refractivity contribution < 1.29 is 14.3 Å². The number of rotatable bonds is 7. The van der Waals surface area contributed by atoms with E-state index in [1.54, 1.807) is 12.1 Å². The number of benzene rings is 2. The Labute approximate surface area is 231 Å². The SMILES string of the molecule is O=C(CCc1ccc(Cl)c(Cl)c1)Cn1cnc2ccc(N3CCN(C(=O)C4CCOCC4)CC3)cc2c1=O. The van der Waals surface area contributed by atoms with Crippen molar-refractivity contribution in [2.75, 3.05) is 44.3 Å². The van der Waals surface area contributed by atoms with Crippen LogP contribution < -0.4 is 10.5 Å². The lowest BCUT2D eigenvalue weighted by atomic mass is 9.98. The van der Waals surface area contributed by atoms with Gasteiger partial charge in [-0.1, -0.05) is 29.3 Å². The van der Waals surface area contributed by atoms with E-state index in [0.29, 0.717) is 66.8 Å². The van der Waals surface area contributed by atoms with Gasteiger partial charge in [-0.3, -0.25) is 19.0 Å². The molecular weight excluding hydrogens is 527 g/mol. The maximum atomic E-state index is 13.2. The molecule has 0 aliphatic carbocycles. The van der Waals surface area contributed by atoms with Crippen LogP contribution in [0.3, 0.4) is 0 Å². The van der Waals surface area contributed by atoms with E-state index in [4.69, 9.17) is 27.9 Å². The Morgan fingerprint density at radius 2 is 1.74 bits per heavy atom. The minimum absolute atomic E-state index is 0.0414. The third kappa shape index (κ3) is 6.03. The number of anilines is 1. The fourth-order valence-corrected chi connectivity index (χ4v) is 5.41. The van der Waals surface area contributed by atoms with Gasteiger partial charge in [-0.15, -0.1) is 0 Å². The third-order valence-electron chi connectivity index (χ3n) is 7.36. The molecule has 2 aliphatic rings. The normalized spacial score (nSPS) is 16.7. The molecule has 0 radical (unpaired) electrons. The smallest absolute Gasteiger partial charge is 0.261 e. The van der Waals surface area contributed by atoms with E-state index in [9.17, 15) is 14.4 Å². The van der Waals surface area contributed by atoms with Crippen LogP contribution in [0, 0.1) is 5.92 Å². The van der Waals surface area contributed by atoms with Crippen LogP contribution in [-0.2, 0) is 27.3 Å². The first-order valence-electron chi connectivity index (χ1n) is 13.0. The number of halogens is 2. The van der Waals surface area contributed by atoms with E-state index in [1.807, 2.05) is 29.2 Å². The summed E-state index contributed by atoms with van der Waals surface area (Å²) >= 11 is 12.0. The van der Waals surface area contributed by atoms with Gasteiger partial charge in [0, 0.05) is 57.4 Å². The maximum absolute atomic E-state index is 13.2. The molecule has 1 aromatic heterocycles. The van der Waals surface area contributed by atoms with Crippen LogP contribution in [0.2, 0.25) is 10.0 Å². The molecular formula is C28H30Cl2N4O4. The summed E-state index contributed by atoms with van der Waals surface area (Å²) in [5.74, 6) is 0.218. The number of hydrogen-bond acceptors (Lipinski definition) is 6. The number of aromatic nitrogens is 2. The Kier molecular flexibility index (Phi) is 8.31. The molecule has 3 heterocycles. The topological polar surface area (TPSA) is 84.7 Å². The van der Waals surface area contributed by atoms with Gasteiger partial charge in [0.2, 0.25) is 5.91 Å². The first-order valence-corrected chi connectivity index (χ1v) is 13.7. The van der Waals surface area contributed by atoms with Gasteiger partial charge in [0.1, 0.15) is 0 Å². The summed E-state index contributed by atoms with van der Waals surface area (Å²) in [5.41, 5.74) is 2.17. The zero-order chi connectivity index (χ0) is 26.6. The average molecular weight is 557 g/mol. The third-order valence-corrected chi connectivity index (χ3v) is 8.10. The van der Waals surface area contributed by atoms with Gasteiger partial charge in [0.25, 0.3) is 5.56 Å². The highest BCUT2D eigenvalue weighted by molar-refractivity contribution is 6.42. The van der Waals surface area contributed by atoms with Crippen LogP contribution in [0.4, 0.5) is 5.69 Å². The number of Topliss-reactive ketones (excluding diaryl/α,β-unsaturated/α-hetero) is 1. The van der Waals surface area contributed by atoms with Crippen molar-refractivity contribution >= 4 is 51.5 Å². The van der Waals surface area contributed by atoms with Crippen LogP contribution in [0.5, 0.6) is 0 Å². The monoisotopic (exact) mass is 556 g/mol. The second-order valence-corrected chi connectivity index (χ2v) is 10.7. The summed E-state index contributed by atoms with van der Waals surface area (Å²) in [6.07, 6.45) is 3.81. The Hall–Kier alpha value is -2.94. The molecule has 0 unspecified atom stereocenters. The van der Waals surface area contributed by atoms with Crippen LogP contribution in [-0.4, -0.2) is 65.5 Å². The molecule has 38 heavy (non-hydrogen) atoms. The summed E-state index contributed by atoms with van der Waals surface area (Å²) in [6, 6.07) is 10.9. The molecule has 2 fully saturated rings. The molecule has 2 aromatic carbocycles. The second-order valence-electron chi connectivity index (χ2n) is 9.87. The Bertz CT molecular complexity index is 1400. The molecule has 0 spiro atoms. The highest BCUT2D eigenvalue weighted by Crippen LogP contribution is 2.24. The lowest BCUT2D eigenvalue weighted by Gasteiger charge is -2.38. The van der Waals surface area contributed by atoms with Crippen LogP contribution in [0.1, 0.15) is 24.8 Å². The molecule has 0 N–H and O–H groups in total. The lowest BCUT2D eigenvalue weighted by molar-refractivity contribution is -0.138. The molecule has 0 atom stereocenters. The Morgan fingerprint density at radius 1 is 0.974 bits per heavy atom. The van der Waals surface area contributed by atoms with Crippen LogP contribution in [0.15, 0.2) is 47.5 Å².